The van der Waals surface area contributed by atoms with Crippen molar-refractivity contribution in [3.63, 3.8) is 0 Å². The molecule has 0 aromatic carbocycles. The Morgan fingerprint density at radius 1 is 1.07 bits per heavy atom. The van der Waals surface area contributed by atoms with Crippen molar-refractivity contribution in [3.05, 3.63) is 0 Å². The number of rotatable bonds is 0. The second-order valence-electron chi connectivity index (χ2n) is 4.84. The minimum Gasteiger partial charge on any atom is -0.350 e. The Morgan fingerprint density at radius 2 is 1.64 bits per heavy atom. The first-order chi connectivity index (χ1) is 6.77. The molecule has 1 heterocycles. The monoisotopic (exact) mass is 196 g/mol. The highest BCUT2D eigenvalue weighted by Crippen LogP contribution is 2.50. The van der Waals surface area contributed by atoms with Crippen LogP contribution < -0.4 is 0 Å². The van der Waals surface area contributed by atoms with Crippen LogP contribution in [0.5, 0.6) is 0 Å². The SMILES string of the molecule is O=C1C[C@@H]2CC3(C[C@@H]2C1)OCCCO3. The predicted octanol–water partition coefficient (Wildman–Crippen LogP) is 1.51. The maximum absolute atomic E-state index is 11.2. The molecule has 0 aromatic heterocycles. The van der Waals surface area contributed by atoms with Gasteiger partial charge in [-0.05, 0) is 18.3 Å². The lowest BCUT2D eigenvalue weighted by atomic mass is 10.0. The Balaban J connectivity index is 1.73. The molecule has 0 aromatic rings. The van der Waals surface area contributed by atoms with Gasteiger partial charge in [0.1, 0.15) is 5.78 Å². The molecule has 1 aliphatic heterocycles. The number of carbonyl (C=O) groups excluding carboxylic acids is 1. The van der Waals surface area contributed by atoms with Gasteiger partial charge in [0.15, 0.2) is 5.79 Å². The molecule has 0 amide bonds. The summed E-state index contributed by atoms with van der Waals surface area (Å²) in [5, 5.41) is 0. The van der Waals surface area contributed by atoms with Crippen LogP contribution >= 0.6 is 0 Å². The van der Waals surface area contributed by atoms with E-state index in [-0.39, 0.29) is 5.79 Å². The third-order valence-electron chi connectivity index (χ3n) is 3.81. The molecule has 3 heteroatoms. The molecule has 0 radical (unpaired) electrons. The third kappa shape index (κ3) is 1.30. The lowest BCUT2D eigenvalue weighted by molar-refractivity contribution is -0.265. The largest absolute Gasteiger partial charge is 0.350 e. The van der Waals surface area contributed by atoms with Gasteiger partial charge in [-0.1, -0.05) is 0 Å². The van der Waals surface area contributed by atoms with Crippen molar-refractivity contribution in [2.45, 2.75) is 37.9 Å². The Labute approximate surface area is 83.8 Å². The summed E-state index contributed by atoms with van der Waals surface area (Å²) in [5.41, 5.74) is 0. The Bertz CT molecular complexity index is 237. The molecule has 3 rings (SSSR count). The zero-order chi connectivity index (χ0) is 9.60. The molecular weight excluding hydrogens is 180 g/mol. The minimum absolute atomic E-state index is 0.297. The second kappa shape index (κ2) is 3.04. The van der Waals surface area contributed by atoms with E-state index in [0.717, 1.165) is 45.3 Å². The van der Waals surface area contributed by atoms with Gasteiger partial charge >= 0.3 is 0 Å². The summed E-state index contributed by atoms with van der Waals surface area (Å²) in [7, 11) is 0. The van der Waals surface area contributed by atoms with Gasteiger partial charge in [0.2, 0.25) is 0 Å². The zero-order valence-electron chi connectivity index (χ0n) is 8.33. The Hall–Kier alpha value is -0.410. The number of Topliss-reactive ketones (excluding diaryl/α,β-unsaturated/α-hetero) is 1. The van der Waals surface area contributed by atoms with Crippen molar-refractivity contribution in [2.75, 3.05) is 13.2 Å². The smallest absolute Gasteiger partial charge is 0.168 e. The van der Waals surface area contributed by atoms with Crippen LogP contribution in [-0.2, 0) is 14.3 Å². The van der Waals surface area contributed by atoms with Crippen molar-refractivity contribution < 1.29 is 14.3 Å². The van der Waals surface area contributed by atoms with Crippen molar-refractivity contribution in [3.8, 4) is 0 Å². The summed E-state index contributed by atoms with van der Waals surface area (Å²) in [6.45, 7) is 1.65. The van der Waals surface area contributed by atoms with E-state index in [2.05, 4.69) is 0 Å². The molecular formula is C11H16O3. The summed E-state index contributed by atoms with van der Waals surface area (Å²) >= 11 is 0. The third-order valence-corrected chi connectivity index (χ3v) is 3.81. The maximum Gasteiger partial charge on any atom is 0.168 e. The molecule has 2 atom stereocenters. The van der Waals surface area contributed by atoms with E-state index in [4.69, 9.17) is 9.47 Å². The summed E-state index contributed by atoms with van der Waals surface area (Å²) in [4.78, 5) is 11.2. The van der Waals surface area contributed by atoms with Gasteiger partial charge in [0, 0.05) is 25.7 Å². The molecule has 0 N–H and O–H groups in total. The van der Waals surface area contributed by atoms with Crippen LogP contribution in [-0.4, -0.2) is 24.8 Å². The fourth-order valence-electron chi connectivity index (χ4n) is 3.21. The van der Waals surface area contributed by atoms with Gasteiger partial charge in [-0.2, -0.15) is 0 Å². The Morgan fingerprint density at radius 3 is 2.21 bits per heavy atom. The zero-order valence-corrected chi connectivity index (χ0v) is 8.33. The first-order valence-electron chi connectivity index (χ1n) is 5.57. The lowest BCUT2D eigenvalue weighted by Gasteiger charge is -2.34. The number of hydrogen-bond acceptors (Lipinski definition) is 3. The van der Waals surface area contributed by atoms with Crippen molar-refractivity contribution >= 4 is 5.78 Å². The molecule has 1 saturated heterocycles. The van der Waals surface area contributed by atoms with Crippen LogP contribution in [0, 0.1) is 11.8 Å². The number of ketones is 1. The van der Waals surface area contributed by atoms with Crippen molar-refractivity contribution in [2.24, 2.45) is 11.8 Å². The molecule has 2 saturated carbocycles. The van der Waals surface area contributed by atoms with E-state index in [1.807, 2.05) is 0 Å². The molecule has 0 unspecified atom stereocenters. The molecule has 1 spiro atoms. The fourth-order valence-corrected chi connectivity index (χ4v) is 3.21. The minimum atomic E-state index is -0.297. The molecule has 3 fully saturated rings. The van der Waals surface area contributed by atoms with E-state index >= 15 is 0 Å². The van der Waals surface area contributed by atoms with E-state index in [9.17, 15) is 4.79 Å². The van der Waals surface area contributed by atoms with Crippen LogP contribution in [0.25, 0.3) is 0 Å². The number of hydrogen-bond donors (Lipinski definition) is 0. The number of ether oxygens (including phenoxy) is 2. The summed E-state index contributed by atoms with van der Waals surface area (Å²) in [5.74, 6) is 1.22. The van der Waals surface area contributed by atoms with E-state index in [1.165, 1.54) is 0 Å². The summed E-state index contributed by atoms with van der Waals surface area (Å²) in [6, 6.07) is 0. The van der Waals surface area contributed by atoms with E-state index in [1.54, 1.807) is 0 Å². The predicted molar refractivity (Wildman–Crippen MR) is 49.7 cm³/mol. The molecule has 14 heavy (non-hydrogen) atoms. The topological polar surface area (TPSA) is 35.5 Å². The van der Waals surface area contributed by atoms with Gasteiger partial charge in [-0.3, -0.25) is 4.79 Å². The highest BCUT2D eigenvalue weighted by Gasteiger charge is 2.51. The Kier molecular flexibility index (Phi) is 1.92. The van der Waals surface area contributed by atoms with Gasteiger partial charge in [0.05, 0.1) is 13.2 Å². The number of fused-ring (bicyclic) bond motifs is 1. The molecule has 3 aliphatic rings. The fraction of sp³-hybridized carbons (Fsp3) is 0.909. The highest BCUT2D eigenvalue weighted by molar-refractivity contribution is 5.81. The van der Waals surface area contributed by atoms with Gasteiger partial charge < -0.3 is 9.47 Å². The quantitative estimate of drug-likeness (QED) is 0.589. The molecule has 3 nitrogen and oxygen atoms in total. The van der Waals surface area contributed by atoms with Crippen LogP contribution in [0.1, 0.15) is 32.1 Å². The summed E-state index contributed by atoms with van der Waals surface area (Å²) in [6.07, 6.45) is 4.43. The van der Waals surface area contributed by atoms with Crippen LogP contribution in [0.3, 0.4) is 0 Å². The normalized spacial score (nSPS) is 40.4. The van der Waals surface area contributed by atoms with Gasteiger partial charge in [0.25, 0.3) is 0 Å². The van der Waals surface area contributed by atoms with Crippen LogP contribution in [0.4, 0.5) is 0 Å². The average Bonchev–Trinajstić information content (AvgIpc) is 2.60. The van der Waals surface area contributed by atoms with E-state index < -0.39 is 0 Å². The van der Waals surface area contributed by atoms with Gasteiger partial charge in [-0.25, -0.2) is 0 Å². The summed E-state index contributed by atoms with van der Waals surface area (Å²) < 4.78 is 11.5. The standard InChI is InChI=1S/C11H16O3/c12-10-4-8-6-11(7-9(8)5-10)13-2-1-3-14-11/h8-9H,1-7H2/t8-,9+. The lowest BCUT2D eigenvalue weighted by Crippen LogP contribution is -2.38. The molecule has 78 valence electrons. The first-order valence-corrected chi connectivity index (χ1v) is 5.57. The maximum atomic E-state index is 11.2. The second-order valence-corrected chi connectivity index (χ2v) is 4.84. The average molecular weight is 196 g/mol. The van der Waals surface area contributed by atoms with Gasteiger partial charge in [-0.15, -0.1) is 0 Å². The molecule has 0 bridgehead atoms. The number of carbonyl (C=O) groups is 1. The molecule has 2 aliphatic carbocycles. The van der Waals surface area contributed by atoms with E-state index in [0.29, 0.717) is 17.6 Å². The van der Waals surface area contributed by atoms with Crippen molar-refractivity contribution in [1.29, 1.82) is 0 Å². The van der Waals surface area contributed by atoms with Crippen LogP contribution in [0.15, 0.2) is 0 Å². The van der Waals surface area contributed by atoms with Crippen molar-refractivity contribution in [1.82, 2.24) is 0 Å². The highest BCUT2D eigenvalue weighted by atomic mass is 16.7. The van der Waals surface area contributed by atoms with Crippen LogP contribution in [0.2, 0.25) is 0 Å². The first kappa shape index (κ1) is 8.86.